The van der Waals surface area contributed by atoms with E-state index in [1.165, 1.54) is 54.6 Å². The fraction of sp³-hybridized carbons (Fsp3) is 0.0286. The van der Waals surface area contributed by atoms with Gasteiger partial charge in [-0.3, -0.25) is 4.72 Å². The number of thiol groups is 1. The minimum absolute atomic E-state index is 0.0182. The van der Waals surface area contributed by atoms with Gasteiger partial charge in [-0.25, -0.2) is 8.42 Å². The zero-order chi connectivity index (χ0) is 33.8. The number of aromatic hydroxyl groups is 3. The standard InChI is InChI=1S/C35H28N6O5S2/c1-21-17-31(39-40-34-33(47)19-22-18-26(11-16-29(22)35(34)44)36-23-5-3-2-4-6-23)32(43)20-30(21)38-37-24-9-14-28(15-10-24)48(45,46)41-25-7-12-27(42)13-8-25/h2-20,36,41-44,47H,1H3. The summed E-state index contributed by atoms with van der Waals surface area (Å²) < 4.78 is 27.9. The smallest absolute Gasteiger partial charge is 0.261 e. The number of phenolic OH excluding ortho intramolecular Hbond substituents is 3. The van der Waals surface area contributed by atoms with Gasteiger partial charge in [0.1, 0.15) is 22.9 Å². The molecular formula is C35H28N6O5S2. The highest BCUT2D eigenvalue weighted by Crippen LogP contribution is 2.43. The Labute approximate surface area is 281 Å². The minimum atomic E-state index is -3.86. The third-order valence-corrected chi connectivity index (χ3v) is 8.96. The number of phenols is 3. The van der Waals surface area contributed by atoms with Crippen LogP contribution in [-0.2, 0) is 10.0 Å². The first kappa shape index (κ1) is 32.0. The topological polar surface area (TPSA) is 168 Å². The predicted octanol–water partition coefficient (Wildman–Crippen LogP) is 9.93. The number of nitrogens with one attached hydrogen (secondary N) is 2. The molecule has 48 heavy (non-hydrogen) atoms. The lowest BCUT2D eigenvalue weighted by atomic mass is 10.1. The Kier molecular flexibility index (Phi) is 8.97. The van der Waals surface area contributed by atoms with Crippen LogP contribution in [0, 0.1) is 6.92 Å². The van der Waals surface area contributed by atoms with Gasteiger partial charge in [0.15, 0.2) is 5.75 Å². The van der Waals surface area contributed by atoms with Crippen LogP contribution in [0.25, 0.3) is 10.8 Å². The van der Waals surface area contributed by atoms with E-state index in [9.17, 15) is 23.7 Å². The van der Waals surface area contributed by atoms with Crippen LogP contribution in [-0.4, -0.2) is 23.7 Å². The van der Waals surface area contributed by atoms with Gasteiger partial charge in [0, 0.05) is 33.4 Å². The molecule has 0 radical (unpaired) electrons. The maximum Gasteiger partial charge on any atom is 0.261 e. The molecule has 0 atom stereocenters. The Morgan fingerprint density at radius 1 is 0.667 bits per heavy atom. The van der Waals surface area contributed by atoms with E-state index in [2.05, 4.69) is 43.1 Å². The molecule has 0 fully saturated rings. The number of para-hydroxylation sites is 1. The van der Waals surface area contributed by atoms with Crippen molar-refractivity contribution in [3.63, 3.8) is 0 Å². The lowest BCUT2D eigenvalue weighted by molar-refractivity contribution is 0.475. The van der Waals surface area contributed by atoms with Gasteiger partial charge in [0.05, 0.1) is 16.3 Å². The fourth-order valence-electron chi connectivity index (χ4n) is 4.74. The van der Waals surface area contributed by atoms with E-state index in [0.717, 1.165) is 16.8 Å². The summed E-state index contributed by atoms with van der Waals surface area (Å²) in [5, 5.41) is 52.5. The van der Waals surface area contributed by atoms with Crippen molar-refractivity contribution in [2.45, 2.75) is 16.7 Å². The molecule has 0 aliphatic rings. The molecule has 0 saturated heterocycles. The van der Waals surface area contributed by atoms with Gasteiger partial charge in [0.25, 0.3) is 10.0 Å². The number of azo groups is 2. The van der Waals surface area contributed by atoms with Crippen LogP contribution >= 0.6 is 12.6 Å². The first-order chi connectivity index (χ1) is 23.1. The lowest BCUT2D eigenvalue weighted by Gasteiger charge is -2.11. The first-order valence-corrected chi connectivity index (χ1v) is 16.4. The fourth-order valence-corrected chi connectivity index (χ4v) is 6.08. The summed E-state index contributed by atoms with van der Waals surface area (Å²) in [5.41, 5.74) is 3.77. The molecule has 0 amide bonds. The van der Waals surface area contributed by atoms with Crippen LogP contribution in [0.1, 0.15) is 5.56 Å². The molecule has 11 nitrogen and oxygen atoms in total. The third-order valence-electron chi connectivity index (χ3n) is 7.22. The summed E-state index contributed by atoms with van der Waals surface area (Å²) in [6, 6.07) is 31.5. The molecule has 5 N–H and O–H groups in total. The summed E-state index contributed by atoms with van der Waals surface area (Å²) in [5.74, 6) is -0.280. The van der Waals surface area contributed by atoms with E-state index in [1.54, 1.807) is 25.1 Å². The Morgan fingerprint density at radius 3 is 2.08 bits per heavy atom. The van der Waals surface area contributed by atoms with Crippen molar-refractivity contribution >= 4 is 73.2 Å². The van der Waals surface area contributed by atoms with E-state index >= 15 is 0 Å². The number of rotatable bonds is 9. The molecule has 0 aliphatic carbocycles. The normalized spacial score (nSPS) is 11.8. The number of hydrogen-bond donors (Lipinski definition) is 6. The van der Waals surface area contributed by atoms with Crippen LogP contribution in [0.15, 0.2) is 146 Å². The van der Waals surface area contributed by atoms with Crippen molar-refractivity contribution in [1.29, 1.82) is 0 Å². The highest BCUT2D eigenvalue weighted by molar-refractivity contribution is 7.92. The second-order valence-electron chi connectivity index (χ2n) is 10.7. The van der Waals surface area contributed by atoms with E-state index in [1.807, 2.05) is 42.5 Å². The van der Waals surface area contributed by atoms with E-state index in [4.69, 9.17) is 0 Å². The van der Waals surface area contributed by atoms with E-state index in [0.29, 0.717) is 32.9 Å². The SMILES string of the molecule is Cc1cc(N=Nc2c(S)cc3cc(Nc4ccccc4)ccc3c2O)c(O)cc1N=Nc1ccc(S(=O)(=O)Nc2ccc(O)cc2)cc1. The van der Waals surface area contributed by atoms with Gasteiger partial charge in [-0.15, -0.1) is 22.9 Å². The van der Waals surface area contributed by atoms with Crippen LogP contribution in [0.3, 0.4) is 0 Å². The summed E-state index contributed by atoms with van der Waals surface area (Å²) in [7, 11) is -3.86. The van der Waals surface area contributed by atoms with Gasteiger partial charge >= 0.3 is 0 Å². The predicted molar refractivity (Wildman–Crippen MR) is 189 cm³/mol. The quantitative estimate of drug-likeness (QED) is 0.0506. The highest BCUT2D eigenvalue weighted by atomic mass is 32.2. The van der Waals surface area contributed by atoms with Crippen molar-refractivity contribution in [3.8, 4) is 17.2 Å². The van der Waals surface area contributed by atoms with Gasteiger partial charge in [0.2, 0.25) is 0 Å². The van der Waals surface area contributed by atoms with E-state index < -0.39 is 10.0 Å². The average molecular weight is 677 g/mol. The molecule has 6 aromatic carbocycles. The Bertz CT molecular complexity index is 2300. The molecule has 0 spiro atoms. The second kappa shape index (κ2) is 13.4. The van der Waals surface area contributed by atoms with Gasteiger partial charge in [-0.1, -0.05) is 18.2 Å². The van der Waals surface area contributed by atoms with Crippen molar-refractivity contribution in [3.05, 3.63) is 121 Å². The van der Waals surface area contributed by atoms with Crippen molar-refractivity contribution in [1.82, 2.24) is 0 Å². The van der Waals surface area contributed by atoms with Crippen molar-refractivity contribution in [2.75, 3.05) is 10.0 Å². The molecule has 240 valence electrons. The van der Waals surface area contributed by atoms with Crippen LogP contribution in [0.4, 0.5) is 39.8 Å². The van der Waals surface area contributed by atoms with Crippen molar-refractivity contribution < 1.29 is 23.7 Å². The zero-order valence-electron chi connectivity index (χ0n) is 25.3. The Balaban J connectivity index is 1.17. The average Bonchev–Trinajstić information content (AvgIpc) is 3.07. The molecule has 6 aromatic rings. The number of anilines is 3. The molecular weight excluding hydrogens is 649 g/mol. The van der Waals surface area contributed by atoms with E-state index in [-0.39, 0.29) is 33.5 Å². The van der Waals surface area contributed by atoms with Gasteiger partial charge < -0.3 is 20.6 Å². The molecule has 6 rings (SSSR count). The number of nitrogens with zero attached hydrogens (tertiary/aromatic N) is 4. The summed E-state index contributed by atoms with van der Waals surface area (Å²) in [6.07, 6.45) is 0. The first-order valence-electron chi connectivity index (χ1n) is 14.5. The summed E-state index contributed by atoms with van der Waals surface area (Å²) >= 11 is 4.53. The number of hydrogen-bond acceptors (Lipinski definition) is 11. The number of sulfonamides is 1. The number of fused-ring (bicyclic) bond motifs is 1. The number of aryl methyl sites for hydroxylation is 1. The zero-order valence-corrected chi connectivity index (χ0v) is 27.0. The number of benzene rings is 6. The maximum absolute atomic E-state index is 12.7. The lowest BCUT2D eigenvalue weighted by Crippen LogP contribution is -2.12. The monoisotopic (exact) mass is 676 g/mol. The molecule has 0 aromatic heterocycles. The van der Waals surface area contributed by atoms with Crippen LogP contribution < -0.4 is 10.0 Å². The molecule has 0 bridgehead atoms. The van der Waals surface area contributed by atoms with Crippen molar-refractivity contribution in [2.24, 2.45) is 20.5 Å². The second-order valence-corrected chi connectivity index (χ2v) is 12.9. The molecule has 0 unspecified atom stereocenters. The summed E-state index contributed by atoms with van der Waals surface area (Å²) in [6.45, 7) is 1.76. The molecule has 0 heterocycles. The largest absolute Gasteiger partial charge is 0.508 e. The van der Waals surface area contributed by atoms with Gasteiger partial charge in [-0.05, 0) is 109 Å². The van der Waals surface area contributed by atoms with Crippen LogP contribution in [0.2, 0.25) is 0 Å². The Hall–Kier alpha value is -5.92. The minimum Gasteiger partial charge on any atom is -0.508 e. The maximum atomic E-state index is 12.7. The Morgan fingerprint density at radius 2 is 1.35 bits per heavy atom. The summed E-state index contributed by atoms with van der Waals surface area (Å²) in [4.78, 5) is 0.418. The highest BCUT2D eigenvalue weighted by Gasteiger charge is 2.15. The molecule has 13 heteroatoms. The van der Waals surface area contributed by atoms with Gasteiger partial charge in [-0.2, -0.15) is 10.2 Å². The third kappa shape index (κ3) is 7.22. The van der Waals surface area contributed by atoms with Crippen LogP contribution in [0.5, 0.6) is 17.2 Å². The molecule has 0 aliphatic heterocycles. The molecule has 0 saturated carbocycles.